The van der Waals surface area contributed by atoms with Gasteiger partial charge < -0.3 is 18.9 Å². The number of methoxy groups -OCH3 is 2. The lowest BCUT2D eigenvalue weighted by Gasteiger charge is -2.13. The highest BCUT2D eigenvalue weighted by Crippen LogP contribution is 2.38. The number of fused-ring (bicyclic) bond motifs is 2. The van der Waals surface area contributed by atoms with Crippen molar-refractivity contribution >= 4 is 54.4 Å². The third-order valence-corrected chi connectivity index (χ3v) is 8.10. The fourth-order valence-electron chi connectivity index (χ4n) is 4.04. The summed E-state index contributed by atoms with van der Waals surface area (Å²) in [5.74, 6) is 3.04. The van der Waals surface area contributed by atoms with E-state index < -0.39 is 0 Å². The fraction of sp³-hybridized carbons (Fsp3) is 0.379. The van der Waals surface area contributed by atoms with Gasteiger partial charge in [-0.15, -0.1) is 22.7 Å². The number of carbonyl (C=O) groups excluding carboxylic acids is 2. The van der Waals surface area contributed by atoms with Crippen molar-refractivity contribution in [2.45, 2.75) is 40.0 Å². The van der Waals surface area contributed by atoms with Gasteiger partial charge >= 0.3 is 0 Å². The highest BCUT2D eigenvalue weighted by molar-refractivity contribution is 7.21. The first-order valence-corrected chi connectivity index (χ1v) is 14.0. The number of ketones is 2. The molecule has 2 aromatic heterocycles. The molecular weight excluding hydrogens is 508 g/mol. The predicted molar refractivity (Wildman–Crippen MR) is 151 cm³/mol. The summed E-state index contributed by atoms with van der Waals surface area (Å²) in [6, 6.07) is 11.5. The second kappa shape index (κ2) is 12.0. The summed E-state index contributed by atoms with van der Waals surface area (Å²) in [6.45, 7) is 6.67. The number of hydrogen-bond donors (Lipinski definition) is 0. The van der Waals surface area contributed by atoms with E-state index >= 15 is 0 Å². The van der Waals surface area contributed by atoms with Gasteiger partial charge in [0.1, 0.15) is 13.2 Å². The Balaban J connectivity index is 1.45. The Morgan fingerprint density at radius 2 is 1.22 bits per heavy atom. The van der Waals surface area contributed by atoms with E-state index in [9.17, 15) is 9.59 Å². The van der Waals surface area contributed by atoms with Crippen LogP contribution in [0.25, 0.3) is 20.2 Å². The summed E-state index contributed by atoms with van der Waals surface area (Å²) in [5.41, 5.74) is 0. The monoisotopic (exact) mass is 540 g/mol. The molecule has 8 heteroatoms. The molecule has 196 valence electrons. The van der Waals surface area contributed by atoms with Crippen molar-refractivity contribution in [1.29, 1.82) is 0 Å². The maximum Gasteiger partial charge on any atom is 0.173 e. The number of hydrogen-bond acceptors (Lipinski definition) is 8. The second-order valence-electron chi connectivity index (χ2n) is 9.19. The molecule has 4 aromatic rings. The van der Waals surface area contributed by atoms with Gasteiger partial charge in [0.05, 0.1) is 24.0 Å². The van der Waals surface area contributed by atoms with E-state index in [0.717, 1.165) is 36.3 Å². The van der Waals surface area contributed by atoms with Crippen molar-refractivity contribution < 1.29 is 28.5 Å². The van der Waals surface area contributed by atoms with E-state index in [-0.39, 0.29) is 24.8 Å². The molecule has 0 fully saturated rings. The molecule has 2 heterocycles. The van der Waals surface area contributed by atoms with Crippen LogP contribution in [0.3, 0.4) is 0 Å². The van der Waals surface area contributed by atoms with Crippen LogP contribution < -0.4 is 18.9 Å². The van der Waals surface area contributed by atoms with E-state index in [1.165, 1.54) is 22.7 Å². The minimum Gasteiger partial charge on any atom is -0.493 e. The Bertz CT molecular complexity index is 1420. The zero-order valence-electron chi connectivity index (χ0n) is 21.8. The van der Waals surface area contributed by atoms with Gasteiger partial charge in [-0.2, -0.15) is 0 Å². The Labute approximate surface area is 225 Å². The Hall–Kier alpha value is -3.10. The molecule has 0 unspecified atom stereocenters. The number of benzene rings is 2. The van der Waals surface area contributed by atoms with E-state index in [4.69, 9.17) is 18.9 Å². The Morgan fingerprint density at radius 1 is 0.730 bits per heavy atom. The fourth-order valence-corrected chi connectivity index (χ4v) is 6.10. The van der Waals surface area contributed by atoms with Crippen LogP contribution in [0.2, 0.25) is 0 Å². The summed E-state index contributed by atoms with van der Waals surface area (Å²) in [6.07, 6.45) is 1.90. The minimum atomic E-state index is 0.157. The Morgan fingerprint density at radius 3 is 1.65 bits per heavy atom. The molecule has 0 aliphatic carbocycles. The van der Waals surface area contributed by atoms with E-state index in [0.29, 0.717) is 41.8 Å². The van der Waals surface area contributed by atoms with Crippen LogP contribution in [0.5, 0.6) is 23.0 Å². The van der Waals surface area contributed by atoms with Gasteiger partial charge in [-0.1, -0.05) is 20.8 Å². The number of rotatable bonds is 13. The number of Topliss-reactive ketones (excluding diaryl/α,β-unsaturated/α-hetero) is 2. The van der Waals surface area contributed by atoms with Crippen LogP contribution >= 0.6 is 22.7 Å². The standard InChI is InChI=1S/C29H32O6S2/c1-6-7-20(30)28-13-18-11-24(22(32-4)15-26(18)36-28)34-8-9-35-25-12-19-14-29(21(31)10-17(2)3)37-27(19)16-23(25)33-5/h11-17H,6-10H2,1-5H3. The third-order valence-electron chi connectivity index (χ3n) is 5.82. The molecular formula is C29H32O6S2. The van der Waals surface area contributed by atoms with Crippen molar-refractivity contribution in [3.8, 4) is 23.0 Å². The average molecular weight is 541 g/mol. The van der Waals surface area contributed by atoms with Crippen LogP contribution in [-0.2, 0) is 0 Å². The van der Waals surface area contributed by atoms with E-state index in [1.54, 1.807) is 14.2 Å². The molecule has 0 radical (unpaired) electrons. The Kier molecular flexibility index (Phi) is 8.71. The number of ether oxygens (including phenoxy) is 4. The van der Waals surface area contributed by atoms with Crippen LogP contribution in [0, 0.1) is 5.92 Å². The molecule has 0 spiro atoms. The molecule has 0 aliphatic heterocycles. The second-order valence-corrected chi connectivity index (χ2v) is 11.4. The van der Waals surface area contributed by atoms with Gasteiger partial charge in [-0.25, -0.2) is 0 Å². The minimum absolute atomic E-state index is 0.157. The highest BCUT2D eigenvalue weighted by Gasteiger charge is 2.16. The first-order valence-electron chi connectivity index (χ1n) is 12.4. The summed E-state index contributed by atoms with van der Waals surface area (Å²) >= 11 is 2.95. The van der Waals surface area contributed by atoms with E-state index in [1.807, 2.05) is 57.2 Å². The van der Waals surface area contributed by atoms with Gasteiger partial charge in [-0.05, 0) is 47.4 Å². The average Bonchev–Trinajstić information content (AvgIpc) is 3.48. The highest BCUT2D eigenvalue weighted by atomic mass is 32.1. The third kappa shape index (κ3) is 6.25. The topological polar surface area (TPSA) is 71.1 Å². The summed E-state index contributed by atoms with van der Waals surface area (Å²) in [5, 5.41) is 1.90. The first kappa shape index (κ1) is 26.9. The summed E-state index contributed by atoms with van der Waals surface area (Å²) in [4.78, 5) is 26.3. The SMILES string of the molecule is CCCC(=O)c1cc2cc(OCCOc3cc4cc(C(=O)CC(C)C)sc4cc3OC)c(OC)cc2s1. The van der Waals surface area contributed by atoms with Gasteiger partial charge in [-0.3, -0.25) is 9.59 Å². The first-order chi connectivity index (χ1) is 17.8. The largest absolute Gasteiger partial charge is 0.493 e. The van der Waals surface area contributed by atoms with Crippen molar-refractivity contribution in [2.75, 3.05) is 27.4 Å². The lowest BCUT2D eigenvalue weighted by molar-refractivity contribution is 0.0968. The van der Waals surface area contributed by atoms with Gasteiger partial charge in [0, 0.05) is 34.4 Å². The molecule has 0 bridgehead atoms. The molecule has 4 rings (SSSR count). The molecule has 0 saturated heterocycles. The summed E-state index contributed by atoms with van der Waals surface area (Å²) in [7, 11) is 3.20. The van der Waals surface area contributed by atoms with Gasteiger partial charge in [0.15, 0.2) is 34.6 Å². The van der Waals surface area contributed by atoms with Crippen LogP contribution in [0.15, 0.2) is 36.4 Å². The van der Waals surface area contributed by atoms with Crippen LogP contribution in [0.1, 0.15) is 59.4 Å². The molecule has 0 amide bonds. The molecule has 37 heavy (non-hydrogen) atoms. The van der Waals surface area contributed by atoms with Crippen molar-refractivity contribution in [1.82, 2.24) is 0 Å². The molecule has 0 saturated carbocycles. The molecule has 0 atom stereocenters. The van der Waals surface area contributed by atoms with Gasteiger partial charge in [0.2, 0.25) is 0 Å². The predicted octanol–water partition coefficient (Wildman–Crippen LogP) is 7.80. The van der Waals surface area contributed by atoms with Crippen LogP contribution in [0.4, 0.5) is 0 Å². The normalized spacial score (nSPS) is 11.3. The zero-order valence-corrected chi connectivity index (χ0v) is 23.5. The molecule has 0 aliphatic rings. The van der Waals surface area contributed by atoms with Crippen LogP contribution in [-0.4, -0.2) is 39.0 Å². The van der Waals surface area contributed by atoms with Gasteiger partial charge in [0.25, 0.3) is 0 Å². The molecule has 6 nitrogen and oxygen atoms in total. The van der Waals surface area contributed by atoms with Crippen molar-refractivity contribution in [3.63, 3.8) is 0 Å². The molecule has 2 aromatic carbocycles. The lowest BCUT2D eigenvalue weighted by atomic mass is 10.1. The van der Waals surface area contributed by atoms with E-state index in [2.05, 4.69) is 0 Å². The smallest absolute Gasteiger partial charge is 0.173 e. The lowest BCUT2D eigenvalue weighted by Crippen LogP contribution is -2.10. The number of carbonyl (C=O) groups is 2. The number of thiophene rings is 2. The quantitative estimate of drug-likeness (QED) is 0.127. The maximum atomic E-state index is 12.5. The summed E-state index contributed by atoms with van der Waals surface area (Å²) < 4.78 is 25.0. The maximum absolute atomic E-state index is 12.5. The van der Waals surface area contributed by atoms with Crippen molar-refractivity contribution in [2.24, 2.45) is 5.92 Å². The van der Waals surface area contributed by atoms with Crippen molar-refractivity contribution in [3.05, 3.63) is 46.2 Å². The zero-order chi connectivity index (χ0) is 26.5. The molecule has 0 N–H and O–H groups in total.